The first kappa shape index (κ1) is 17.8. The highest BCUT2D eigenvalue weighted by Gasteiger charge is 2.06. The molecule has 0 aromatic heterocycles. The van der Waals surface area contributed by atoms with Crippen molar-refractivity contribution >= 4 is 11.7 Å². The van der Waals surface area contributed by atoms with Crippen molar-refractivity contribution in [3.63, 3.8) is 0 Å². The molecular weight excluding hydrogens is 280 g/mol. The molecule has 0 saturated carbocycles. The number of hydrogen-bond acceptors (Lipinski definition) is 5. The van der Waals surface area contributed by atoms with Gasteiger partial charge in [-0.15, -0.1) is 0 Å². The molecule has 0 fully saturated rings. The van der Waals surface area contributed by atoms with Gasteiger partial charge in [0, 0.05) is 6.92 Å². The second kappa shape index (κ2) is 10.5. The van der Waals surface area contributed by atoms with Crippen LogP contribution in [0.4, 0.5) is 5.69 Å². The fourth-order valence-electron chi connectivity index (χ4n) is 2.10. The molecule has 1 aromatic rings. The zero-order valence-corrected chi connectivity index (χ0v) is 13.1. The van der Waals surface area contributed by atoms with E-state index in [0.717, 1.165) is 38.5 Å². The van der Waals surface area contributed by atoms with Crippen LogP contribution in [0.5, 0.6) is 5.75 Å². The van der Waals surface area contributed by atoms with E-state index in [2.05, 4.69) is 6.07 Å². The highest BCUT2D eigenvalue weighted by molar-refractivity contribution is 5.65. The number of carbonyl (C=O) groups excluding carboxylic acids is 1. The van der Waals surface area contributed by atoms with Crippen LogP contribution in [0, 0.1) is 11.3 Å². The molecule has 0 spiro atoms. The Balaban J connectivity index is 2.06. The number of nitriles is 1. The van der Waals surface area contributed by atoms with Crippen molar-refractivity contribution in [3.8, 4) is 11.8 Å². The molecule has 0 aliphatic rings. The maximum atomic E-state index is 10.6. The van der Waals surface area contributed by atoms with Gasteiger partial charge in [0.05, 0.1) is 18.9 Å². The molecule has 0 saturated heterocycles. The van der Waals surface area contributed by atoms with Crippen LogP contribution in [0.3, 0.4) is 0 Å². The van der Waals surface area contributed by atoms with Gasteiger partial charge in [0.25, 0.3) is 0 Å². The van der Waals surface area contributed by atoms with E-state index in [-0.39, 0.29) is 5.97 Å². The third kappa shape index (κ3) is 6.98. The molecule has 1 aromatic carbocycles. The number of anilines is 1. The van der Waals surface area contributed by atoms with E-state index in [9.17, 15) is 4.79 Å². The van der Waals surface area contributed by atoms with Crippen LogP contribution >= 0.6 is 0 Å². The van der Waals surface area contributed by atoms with Gasteiger partial charge >= 0.3 is 5.97 Å². The normalized spacial score (nSPS) is 10.0. The van der Waals surface area contributed by atoms with Crippen molar-refractivity contribution in [2.24, 2.45) is 0 Å². The maximum absolute atomic E-state index is 10.6. The summed E-state index contributed by atoms with van der Waals surface area (Å²) in [5.74, 6) is 0.347. The molecule has 2 N–H and O–H groups in total. The fraction of sp³-hybridized carbons (Fsp3) is 0.529. The lowest BCUT2D eigenvalue weighted by Crippen LogP contribution is -2.01. The number of nitrogen functional groups attached to an aromatic ring is 1. The highest BCUT2D eigenvalue weighted by atomic mass is 16.5. The van der Waals surface area contributed by atoms with Crippen LogP contribution in [0.25, 0.3) is 0 Å². The molecule has 120 valence electrons. The smallest absolute Gasteiger partial charge is 0.302 e. The molecule has 0 bridgehead atoms. The lowest BCUT2D eigenvalue weighted by molar-refractivity contribution is -0.141. The van der Waals surface area contributed by atoms with Crippen molar-refractivity contribution < 1.29 is 14.3 Å². The van der Waals surface area contributed by atoms with Gasteiger partial charge in [-0.25, -0.2) is 0 Å². The zero-order chi connectivity index (χ0) is 16.2. The summed E-state index contributed by atoms with van der Waals surface area (Å²) in [4.78, 5) is 10.6. The van der Waals surface area contributed by atoms with Crippen LogP contribution < -0.4 is 10.5 Å². The Morgan fingerprint density at radius 1 is 1.14 bits per heavy atom. The minimum atomic E-state index is -0.213. The number of nitrogens with two attached hydrogens (primary N) is 1. The molecule has 0 heterocycles. The van der Waals surface area contributed by atoms with E-state index in [4.69, 9.17) is 20.5 Å². The van der Waals surface area contributed by atoms with Crippen molar-refractivity contribution in [2.75, 3.05) is 18.9 Å². The Labute approximate surface area is 132 Å². The number of unbranched alkanes of at least 4 members (excludes halogenated alkanes) is 5. The predicted octanol–water partition coefficient (Wildman–Crippen LogP) is 3.42. The third-order valence-corrected chi connectivity index (χ3v) is 3.27. The number of hydrogen-bond donors (Lipinski definition) is 1. The third-order valence-electron chi connectivity index (χ3n) is 3.27. The molecule has 22 heavy (non-hydrogen) atoms. The minimum absolute atomic E-state index is 0.213. The lowest BCUT2D eigenvalue weighted by atomic mass is 10.1. The van der Waals surface area contributed by atoms with E-state index in [1.54, 1.807) is 18.2 Å². The van der Waals surface area contributed by atoms with E-state index in [1.807, 2.05) is 0 Å². The minimum Gasteiger partial charge on any atom is -0.492 e. The SMILES string of the molecule is CC(=O)OCCCCCCCCOc1cccc(N)c1C#N. The lowest BCUT2D eigenvalue weighted by Gasteiger charge is -2.09. The summed E-state index contributed by atoms with van der Waals surface area (Å²) in [5, 5.41) is 9.04. The van der Waals surface area contributed by atoms with E-state index in [0.29, 0.717) is 30.2 Å². The van der Waals surface area contributed by atoms with E-state index >= 15 is 0 Å². The van der Waals surface area contributed by atoms with Crippen LogP contribution in [0.15, 0.2) is 18.2 Å². The molecule has 0 unspecified atom stereocenters. The molecule has 0 aliphatic carbocycles. The molecule has 5 nitrogen and oxygen atoms in total. The summed E-state index contributed by atoms with van der Waals surface area (Å²) in [7, 11) is 0. The summed E-state index contributed by atoms with van der Waals surface area (Å²) in [6.07, 6.45) is 6.28. The van der Waals surface area contributed by atoms with Crippen molar-refractivity contribution in [3.05, 3.63) is 23.8 Å². The van der Waals surface area contributed by atoms with Crippen LogP contribution in [-0.4, -0.2) is 19.2 Å². The van der Waals surface area contributed by atoms with Crippen molar-refractivity contribution in [2.45, 2.75) is 45.4 Å². The molecule has 1 rings (SSSR count). The Morgan fingerprint density at radius 2 is 1.77 bits per heavy atom. The monoisotopic (exact) mass is 304 g/mol. The Bertz CT molecular complexity index is 509. The fourth-order valence-corrected chi connectivity index (χ4v) is 2.10. The average Bonchev–Trinajstić information content (AvgIpc) is 2.49. The molecule has 0 atom stereocenters. The van der Waals surface area contributed by atoms with Gasteiger partial charge in [-0.1, -0.05) is 31.7 Å². The molecule has 0 aliphatic heterocycles. The van der Waals surface area contributed by atoms with Crippen LogP contribution in [0.1, 0.15) is 51.0 Å². The summed E-state index contributed by atoms with van der Waals surface area (Å²) >= 11 is 0. The largest absolute Gasteiger partial charge is 0.492 e. The molecular formula is C17H24N2O3. The van der Waals surface area contributed by atoms with Gasteiger partial charge in [-0.2, -0.15) is 5.26 Å². The maximum Gasteiger partial charge on any atom is 0.302 e. The number of rotatable bonds is 10. The number of ether oxygens (including phenoxy) is 2. The summed E-state index contributed by atoms with van der Waals surface area (Å²) < 4.78 is 10.5. The molecule has 0 amide bonds. The van der Waals surface area contributed by atoms with E-state index < -0.39 is 0 Å². The topological polar surface area (TPSA) is 85.3 Å². The first-order valence-corrected chi connectivity index (χ1v) is 7.70. The Hall–Kier alpha value is -2.22. The molecule has 5 heteroatoms. The van der Waals surface area contributed by atoms with Crippen molar-refractivity contribution in [1.29, 1.82) is 5.26 Å². The zero-order valence-electron chi connectivity index (χ0n) is 13.1. The van der Waals surface area contributed by atoms with Gasteiger partial charge in [0.1, 0.15) is 17.4 Å². The van der Waals surface area contributed by atoms with Crippen LogP contribution in [-0.2, 0) is 9.53 Å². The van der Waals surface area contributed by atoms with E-state index in [1.165, 1.54) is 6.92 Å². The summed E-state index contributed by atoms with van der Waals surface area (Å²) in [5.41, 5.74) is 6.59. The average molecular weight is 304 g/mol. The predicted molar refractivity (Wildman–Crippen MR) is 85.4 cm³/mol. The Kier molecular flexibility index (Phi) is 8.51. The van der Waals surface area contributed by atoms with Crippen LogP contribution in [0.2, 0.25) is 0 Å². The second-order valence-electron chi connectivity index (χ2n) is 5.14. The number of benzene rings is 1. The van der Waals surface area contributed by atoms with Crippen molar-refractivity contribution in [1.82, 2.24) is 0 Å². The molecule has 0 radical (unpaired) electrons. The quantitative estimate of drug-likeness (QED) is 0.406. The summed E-state index contributed by atoms with van der Waals surface area (Å²) in [6.45, 7) is 2.54. The highest BCUT2D eigenvalue weighted by Crippen LogP contribution is 2.23. The summed E-state index contributed by atoms with van der Waals surface area (Å²) in [6, 6.07) is 7.32. The first-order chi connectivity index (χ1) is 10.6. The number of nitrogens with zero attached hydrogens (tertiary/aromatic N) is 1. The first-order valence-electron chi connectivity index (χ1n) is 7.70. The number of carbonyl (C=O) groups is 1. The number of esters is 1. The Morgan fingerprint density at radius 3 is 2.41 bits per heavy atom. The standard InChI is InChI=1S/C17H24N2O3/c1-14(20)21-11-6-4-2-3-5-7-12-22-17-10-8-9-16(19)15(17)13-18/h8-10H,2-7,11-12,19H2,1H3. The second-order valence-corrected chi connectivity index (χ2v) is 5.14. The van der Waals surface area contributed by atoms with Gasteiger partial charge in [0.2, 0.25) is 0 Å². The van der Waals surface area contributed by atoms with Gasteiger partial charge in [0.15, 0.2) is 0 Å². The van der Waals surface area contributed by atoms with Gasteiger partial charge in [-0.3, -0.25) is 4.79 Å². The van der Waals surface area contributed by atoms with Gasteiger partial charge < -0.3 is 15.2 Å². The van der Waals surface area contributed by atoms with Gasteiger partial charge in [-0.05, 0) is 25.0 Å².